The topological polar surface area (TPSA) is 59.4 Å². The number of amides is 1. The zero-order valence-electron chi connectivity index (χ0n) is 22.7. The monoisotopic (exact) mass is 542 g/mol. The normalized spacial score (nSPS) is 19.6. The Balaban J connectivity index is 1.04. The third-order valence-electron chi connectivity index (χ3n) is 8.28. The van der Waals surface area contributed by atoms with Crippen LogP contribution in [0.3, 0.4) is 0 Å². The predicted octanol–water partition coefficient (Wildman–Crippen LogP) is 5.79. The maximum absolute atomic E-state index is 13.0. The second kappa shape index (κ2) is 11.2. The molecule has 3 aliphatic rings. The number of nitrogens with one attached hydrogen (secondary N) is 1. The summed E-state index contributed by atoms with van der Waals surface area (Å²) in [5.41, 5.74) is 4.09. The lowest BCUT2D eigenvalue weighted by molar-refractivity contribution is -0.274. The van der Waals surface area contributed by atoms with E-state index < -0.39 is 6.36 Å². The number of aryl methyl sites for hydroxylation is 2. The van der Waals surface area contributed by atoms with E-state index in [4.69, 9.17) is 4.98 Å². The lowest BCUT2D eigenvalue weighted by Gasteiger charge is -2.59. The van der Waals surface area contributed by atoms with Gasteiger partial charge in [0, 0.05) is 39.1 Å². The summed E-state index contributed by atoms with van der Waals surface area (Å²) in [6.07, 6.45) is 7.65. The molecule has 1 saturated carbocycles. The van der Waals surface area contributed by atoms with Gasteiger partial charge in [-0.2, -0.15) is 0 Å². The summed E-state index contributed by atoms with van der Waals surface area (Å²) in [6.45, 7) is 8.31. The number of hydrogen-bond donors (Lipinski definition) is 1. The van der Waals surface area contributed by atoms with Gasteiger partial charge in [0.2, 0.25) is 0 Å². The van der Waals surface area contributed by atoms with E-state index in [1.807, 2.05) is 19.9 Å². The van der Waals surface area contributed by atoms with Crippen LogP contribution in [0.25, 0.3) is 0 Å². The van der Waals surface area contributed by atoms with Gasteiger partial charge >= 0.3 is 6.36 Å². The van der Waals surface area contributed by atoms with Crippen LogP contribution in [0.2, 0.25) is 0 Å². The molecule has 2 fully saturated rings. The molecule has 210 valence electrons. The highest BCUT2D eigenvalue weighted by Crippen LogP contribution is 2.56. The van der Waals surface area contributed by atoms with Crippen molar-refractivity contribution in [1.82, 2.24) is 19.8 Å². The van der Waals surface area contributed by atoms with Crippen LogP contribution in [0.15, 0.2) is 48.1 Å². The van der Waals surface area contributed by atoms with E-state index in [1.54, 1.807) is 12.1 Å². The highest BCUT2D eigenvalue weighted by Gasteiger charge is 2.51. The van der Waals surface area contributed by atoms with Gasteiger partial charge in [0.1, 0.15) is 17.3 Å². The maximum atomic E-state index is 13.0. The molecule has 0 radical (unpaired) electrons. The lowest BCUT2D eigenvalue weighted by Crippen LogP contribution is -2.61. The van der Waals surface area contributed by atoms with Crippen LogP contribution < -0.4 is 10.1 Å². The van der Waals surface area contributed by atoms with E-state index in [0.717, 1.165) is 93.1 Å². The molecular weight excluding hydrogens is 505 g/mol. The average Bonchev–Trinajstić information content (AvgIpc) is 3.24. The summed E-state index contributed by atoms with van der Waals surface area (Å²) >= 11 is 0. The molecule has 0 atom stereocenters. The van der Waals surface area contributed by atoms with Crippen LogP contribution >= 0.6 is 0 Å². The third-order valence-corrected chi connectivity index (χ3v) is 8.28. The first-order chi connectivity index (χ1) is 18.7. The van der Waals surface area contributed by atoms with Crippen LogP contribution in [0.5, 0.6) is 5.75 Å². The van der Waals surface area contributed by atoms with Crippen molar-refractivity contribution in [3.63, 3.8) is 0 Å². The van der Waals surface area contributed by atoms with Gasteiger partial charge in [-0.3, -0.25) is 9.69 Å². The van der Waals surface area contributed by atoms with Gasteiger partial charge in [0.05, 0.1) is 5.69 Å². The van der Waals surface area contributed by atoms with Gasteiger partial charge < -0.3 is 14.6 Å². The molecule has 2 aromatic rings. The molecule has 0 bridgehead atoms. The zero-order chi connectivity index (χ0) is 27.6. The number of benzene rings is 1. The molecule has 1 saturated heterocycles. The molecule has 5 rings (SSSR count). The zero-order valence-corrected chi connectivity index (χ0v) is 22.7. The molecule has 1 N–H and O–H groups in total. The first-order valence-corrected chi connectivity index (χ1v) is 13.9. The second-order valence-corrected chi connectivity index (χ2v) is 11.1. The summed E-state index contributed by atoms with van der Waals surface area (Å²) in [6, 6.07) is 6.30. The Morgan fingerprint density at radius 3 is 2.62 bits per heavy atom. The SMILES string of the molecule is C/C=C(\C=C/CN1CC2(CC(c3ccc(OC(F)(F)F)cc3)C2)C1)CNC(=O)c1c(CC)nc2n1CCCC2. The van der Waals surface area contributed by atoms with Gasteiger partial charge in [-0.15, -0.1) is 13.2 Å². The molecule has 9 heteroatoms. The quantitative estimate of drug-likeness (QED) is 0.408. The molecule has 39 heavy (non-hydrogen) atoms. The minimum atomic E-state index is -4.66. The number of hydrogen-bond acceptors (Lipinski definition) is 4. The van der Waals surface area contributed by atoms with E-state index in [-0.39, 0.29) is 11.7 Å². The standard InChI is InChI=1S/C30H37F3N4O2/c1-3-21(18-34-28(38)27-25(4-2)35-26-9-5-6-15-37(26)27)8-7-14-36-19-29(20-36)16-23(17-29)22-10-12-24(13-11-22)39-30(31,32)33/h3,7-8,10-13,23H,4-6,9,14-20H2,1-2H3,(H,34,38)/b8-7-,21-3+. The van der Waals surface area contributed by atoms with Crippen molar-refractivity contribution < 1.29 is 22.7 Å². The van der Waals surface area contributed by atoms with E-state index in [2.05, 4.69) is 31.7 Å². The number of carbonyl (C=O) groups excluding carboxylic acids is 1. The molecule has 6 nitrogen and oxygen atoms in total. The maximum Gasteiger partial charge on any atom is 0.573 e. The minimum Gasteiger partial charge on any atom is -0.406 e. The molecule has 0 unspecified atom stereocenters. The number of halogens is 3. The molecular formula is C30H37F3N4O2. The van der Waals surface area contributed by atoms with Crippen LogP contribution in [0.4, 0.5) is 13.2 Å². The first kappa shape index (κ1) is 27.5. The lowest BCUT2D eigenvalue weighted by atomic mass is 9.56. The Morgan fingerprint density at radius 1 is 1.21 bits per heavy atom. The van der Waals surface area contributed by atoms with Crippen molar-refractivity contribution in [3.8, 4) is 5.75 Å². The van der Waals surface area contributed by atoms with Crippen molar-refractivity contribution in [2.75, 3.05) is 26.2 Å². The van der Waals surface area contributed by atoms with Crippen LogP contribution in [-0.2, 0) is 19.4 Å². The summed E-state index contributed by atoms with van der Waals surface area (Å²) in [5, 5.41) is 3.10. The molecule has 1 aliphatic carbocycles. The van der Waals surface area contributed by atoms with Gasteiger partial charge in [-0.25, -0.2) is 4.98 Å². The summed E-state index contributed by atoms with van der Waals surface area (Å²) in [4.78, 5) is 20.2. The number of rotatable bonds is 9. The largest absolute Gasteiger partial charge is 0.573 e. The van der Waals surface area contributed by atoms with Crippen molar-refractivity contribution in [2.45, 2.75) is 71.2 Å². The van der Waals surface area contributed by atoms with E-state index in [1.165, 1.54) is 12.1 Å². The summed E-state index contributed by atoms with van der Waals surface area (Å²) in [7, 11) is 0. The fourth-order valence-electron chi connectivity index (χ4n) is 6.37. The Morgan fingerprint density at radius 2 is 1.95 bits per heavy atom. The van der Waals surface area contributed by atoms with E-state index in [0.29, 0.717) is 17.9 Å². The first-order valence-electron chi connectivity index (χ1n) is 13.9. The number of likely N-dealkylation sites (tertiary alicyclic amines) is 1. The number of fused-ring (bicyclic) bond motifs is 1. The van der Waals surface area contributed by atoms with Crippen LogP contribution in [0.1, 0.15) is 73.0 Å². The Kier molecular flexibility index (Phi) is 7.89. The Labute approximate surface area is 227 Å². The molecule has 3 heterocycles. The molecule has 2 aliphatic heterocycles. The van der Waals surface area contributed by atoms with Gasteiger partial charge in [0.25, 0.3) is 5.91 Å². The minimum absolute atomic E-state index is 0.0491. The second-order valence-electron chi connectivity index (χ2n) is 11.1. The summed E-state index contributed by atoms with van der Waals surface area (Å²) in [5.74, 6) is 1.21. The van der Waals surface area contributed by atoms with Crippen LogP contribution in [-0.4, -0.2) is 52.9 Å². The number of nitrogens with zero attached hydrogens (tertiary/aromatic N) is 3. The highest BCUT2D eigenvalue weighted by molar-refractivity contribution is 5.94. The Bertz CT molecular complexity index is 1230. The highest BCUT2D eigenvalue weighted by atomic mass is 19.4. The van der Waals surface area contributed by atoms with Gasteiger partial charge in [-0.1, -0.05) is 37.3 Å². The number of ether oxygens (including phenoxy) is 1. The third kappa shape index (κ3) is 6.24. The number of allylic oxidation sites excluding steroid dienone is 1. The van der Waals surface area contributed by atoms with Gasteiger partial charge in [0.15, 0.2) is 0 Å². The number of alkyl halides is 3. The van der Waals surface area contributed by atoms with E-state index >= 15 is 0 Å². The van der Waals surface area contributed by atoms with Crippen LogP contribution in [0, 0.1) is 5.41 Å². The van der Waals surface area contributed by atoms with Crippen molar-refractivity contribution in [2.24, 2.45) is 5.41 Å². The van der Waals surface area contributed by atoms with Crippen molar-refractivity contribution in [1.29, 1.82) is 0 Å². The predicted molar refractivity (Wildman–Crippen MR) is 144 cm³/mol. The number of aromatic nitrogens is 2. The smallest absolute Gasteiger partial charge is 0.406 e. The van der Waals surface area contributed by atoms with Crippen molar-refractivity contribution in [3.05, 3.63) is 70.8 Å². The molecule has 1 amide bonds. The number of carbonyl (C=O) groups is 1. The molecule has 1 spiro atoms. The van der Waals surface area contributed by atoms with Gasteiger partial charge in [-0.05, 0) is 73.6 Å². The number of imidazole rings is 1. The molecule has 1 aromatic carbocycles. The molecule has 1 aromatic heterocycles. The summed E-state index contributed by atoms with van der Waals surface area (Å²) < 4.78 is 43.2. The van der Waals surface area contributed by atoms with E-state index in [9.17, 15) is 18.0 Å². The average molecular weight is 543 g/mol. The fraction of sp³-hybridized carbons (Fsp3) is 0.533. The fourth-order valence-corrected chi connectivity index (χ4v) is 6.37. The van der Waals surface area contributed by atoms with Crippen molar-refractivity contribution >= 4 is 5.91 Å². The Hall–Kier alpha value is -3.07.